The summed E-state index contributed by atoms with van der Waals surface area (Å²) in [5, 5.41) is 3.91. The molecule has 4 rings (SSSR count). The minimum absolute atomic E-state index is 0.0299. The molecule has 1 aromatic carbocycles. The number of aryl methyl sites for hydroxylation is 1. The summed E-state index contributed by atoms with van der Waals surface area (Å²) in [6.07, 6.45) is 1.19. The zero-order chi connectivity index (χ0) is 20.1. The van der Waals surface area contributed by atoms with Gasteiger partial charge in [-0.15, -0.1) is 0 Å². The van der Waals surface area contributed by atoms with Crippen LogP contribution in [-0.2, 0) is 17.1 Å². The second-order valence-electron chi connectivity index (χ2n) is 7.06. The molecule has 150 valence electrons. The standard InChI is InChI=1S/C17H21N5O5S/c1-20(2)16-18-15(27-19-16)11-6-8-22(9-7-11)28(24,25)12-4-5-13-14(10-12)26-17(23)21(13)3/h4-5,10-11H,6-9H2,1-3H3. The molecule has 28 heavy (non-hydrogen) atoms. The second kappa shape index (κ2) is 6.74. The Kier molecular flexibility index (Phi) is 4.50. The zero-order valence-corrected chi connectivity index (χ0v) is 16.6. The molecule has 1 fully saturated rings. The lowest BCUT2D eigenvalue weighted by Gasteiger charge is -2.29. The lowest BCUT2D eigenvalue weighted by molar-refractivity contribution is 0.270. The van der Waals surface area contributed by atoms with Gasteiger partial charge in [0.15, 0.2) is 5.58 Å². The van der Waals surface area contributed by atoms with Crippen LogP contribution in [0.1, 0.15) is 24.7 Å². The van der Waals surface area contributed by atoms with Crippen LogP contribution in [0.2, 0.25) is 0 Å². The molecule has 11 heteroatoms. The van der Waals surface area contributed by atoms with Crippen LogP contribution in [0.15, 0.2) is 36.8 Å². The maximum absolute atomic E-state index is 13.0. The van der Waals surface area contributed by atoms with Gasteiger partial charge in [0.2, 0.25) is 15.9 Å². The molecule has 0 unspecified atom stereocenters. The molecule has 1 saturated heterocycles. The van der Waals surface area contributed by atoms with Gasteiger partial charge in [-0.2, -0.15) is 9.29 Å². The van der Waals surface area contributed by atoms with Crippen LogP contribution < -0.4 is 10.7 Å². The van der Waals surface area contributed by atoms with Gasteiger partial charge in [-0.05, 0) is 30.1 Å². The Morgan fingerprint density at radius 1 is 1.21 bits per heavy atom. The molecule has 3 heterocycles. The van der Waals surface area contributed by atoms with E-state index < -0.39 is 15.8 Å². The summed E-state index contributed by atoms with van der Waals surface area (Å²) in [5.41, 5.74) is 0.807. The number of sulfonamides is 1. The molecule has 1 aliphatic rings. The van der Waals surface area contributed by atoms with Crippen molar-refractivity contribution in [2.75, 3.05) is 32.1 Å². The summed E-state index contributed by atoms with van der Waals surface area (Å²) in [7, 11) is 1.55. The molecule has 0 bridgehead atoms. The first kappa shape index (κ1) is 18.7. The van der Waals surface area contributed by atoms with Crippen LogP contribution in [0.4, 0.5) is 5.95 Å². The number of hydrogen-bond donors (Lipinski definition) is 0. The number of nitrogens with zero attached hydrogens (tertiary/aromatic N) is 5. The van der Waals surface area contributed by atoms with E-state index >= 15 is 0 Å². The van der Waals surface area contributed by atoms with Gasteiger partial charge in [-0.3, -0.25) is 4.57 Å². The Balaban J connectivity index is 1.52. The zero-order valence-electron chi connectivity index (χ0n) is 15.8. The van der Waals surface area contributed by atoms with Gasteiger partial charge in [0.25, 0.3) is 5.95 Å². The SMILES string of the molecule is CN(C)c1noc(C2CCN(S(=O)(=O)c3ccc4c(c3)oc(=O)n4C)CC2)n1. The number of aromatic nitrogens is 3. The monoisotopic (exact) mass is 407 g/mol. The number of rotatable bonds is 4. The Bertz CT molecular complexity index is 1170. The van der Waals surface area contributed by atoms with E-state index in [1.807, 2.05) is 14.1 Å². The maximum atomic E-state index is 13.0. The van der Waals surface area contributed by atoms with Crippen LogP contribution in [0.25, 0.3) is 11.1 Å². The molecule has 10 nitrogen and oxygen atoms in total. The van der Waals surface area contributed by atoms with Crippen molar-refractivity contribution >= 4 is 27.1 Å². The third-order valence-corrected chi connectivity index (χ3v) is 6.93. The predicted molar refractivity (Wildman–Crippen MR) is 101 cm³/mol. The minimum atomic E-state index is -3.68. The van der Waals surface area contributed by atoms with Crippen molar-refractivity contribution in [3.63, 3.8) is 0 Å². The van der Waals surface area contributed by atoms with Crippen molar-refractivity contribution in [1.29, 1.82) is 0 Å². The third-order valence-electron chi connectivity index (χ3n) is 5.04. The van der Waals surface area contributed by atoms with Crippen molar-refractivity contribution in [2.24, 2.45) is 7.05 Å². The number of fused-ring (bicyclic) bond motifs is 1. The molecular weight excluding hydrogens is 386 g/mol. The van der Waals surface area contributed by atoms with Gasteiger partial charge < -0.3 is 13.8 Å². The third kappa shape index (κ3) is 3.10. The maximum Gasteiger partial charge on any atom is 0.419 e. The van der Waals surface area contributed by atoms with Gasteiger partial charge in [-0.25, -0.2) is 13.2 Å². The Morgan fingerprint density at radius 2 is 1.93 bits per heavy atom. The molecule has 0 aliphatic carbocycles. The fourth-order valence-corrected chi connectivity index (χ4v) is 4.83. The average molecular weight is 407 g/mol. The van der Waals surface area contributed by atoms with E-state index in [-0.39, 0.29) is 16.4 Å². The summed E-state index contributed by atoms with van der Waals surface area (Å²) in [6.45, 7) is 0.701. The lowest BCUT2D eigenvalue weighted by atomic mass is 9.98. The van der Waals surface area contributed by atoms with E-state index in [0.29, 0.717) is 43.3 Å². The van der Waals surface area contributed by atoms with E-state index in [1.165, 1.54) is 21.0 Å². The van der Waals surface area contributed by atoms with Gasteiger partial charge in [-0.1, -0.05) is 0 Å². The Labute approximate surface area is 161 Å². The van der Waals surface area contributed by atoms with Gasteiger partial charge >= 0.3 is 5.76 Å². The highest BCUT2D eigenvalue weighted by molar-refractivity contribution is 7.89. The van der Waals surface area contributed by atoms with Crippen molar-refractivity contribution in [1.82, 2.24) is 19.0 Å². The second-order valence-corrected chi connectivity index (χ2v) is 9.00. The predicted octanol–water partition coefficient (Wildman–Crippen LogP) is 1.15. The van der Waals surface area contributed by atoms with Gasteiger partial charge in [0.1, 0.15) is 0 Å². The van der Waals surface area contributed by atoms with E-state index in [1.54, 1.807) is 18.0 Å². The molecule has 0 radical (unpaired) electrons. The van der Waals surface area contributed by atoms with E-state index in [4.69, 9.17) is 8.94 Å². The van der Waals surface area contributed by atoms with E-state index in [0.717, 1.165) is 0 Å². The molecule has 0 amide bonds. The molecule has 0 atom stereocenters. The fraction of sp³-hybridized carbons (Fsp3) is 0.471. The molecular formula is C17H21N5O5S. The quantitative estimate of drug-likeness (QED) is 0.633. The highest BCUT2D eigenvalue weighted by Gasteiger charge is 2.32. The Hall–Kier alpha value is -2.66. The molecule has 1 aliphatic heterocycles. The van der Waals surface area contributed by atoms with Crippen LogP contribution in [0, 0.1) is 0 Å². The van der Waals surface area contributed by atoms with Crippen molar-refractivity contribution in [3.05, 3.63) is 34.6 Å². The molecule has 2 aromatic heterocycles. The van der Waals surface area contributed by atoms with E-state index in [9.17, 15) is 13.2 Å². The van der Waals surface area contributed by atoms with E-state index in [2.05, 4.69) is 10.1 Å². The number of piperidine rings is 1. The minimum Gasteiger partial charge on any atom is -0.408 e. The number of anilines is 1. The highest BCUT2D eigenvalue weighted by atomic mass is 32.2. The number of hydrogen-bond acceptors (Lipinski definition) is 8. The van der Waals surface area contributed by atoms with Crippen LogP contribution in [-0.4, -0.2) is 54.6 Å². The molecule has 0 N–H and O–H groups in total. The topological polar surface area (TPSA) is 115 Å². The first-order chi connectivity index (χ1) is 13.3. The summed E-state index contributed by atoms with van der Waals surface area (Å²) >= 11 is 0. The first-order valence-corrected chi connectivity index (χ1v) is 10.3. The molecule has 0 saturated carbocycles. The fourth-order valence-electron chi connectivity index (χ4n) is 3.34. The summed E-state index contributed by atoms with van der Waals surface area (Å²) in [5.74, 6) is 0.542. The summed E-state index contributed by atoms with van der Waals surface area (Å²) in [6, 6.07) is 4.49. The van der Waals surface area contributed by atoms with Crippen LogP contribution in [0.3, 0.4) is 0 Å². The van der Waals surface area contributed by atoms with Crippen molar-refractivity contribution < 1.29 is 17.4 Å². The number of oxazole rings is 1. The van der Waals surface area contributed by atoms with Gasteiger partial charge in [0.05, 0.1) is 10.4 Å². The van der Waals surface area contributed by atoms with Crippen LogP contribution >= 0.6 is 0 Å². The highest BCUT2D eigenvalue weighted by Crippen LogP contribution is 2.31. The Morgan fingerprint density at radius 3 is 2.57 bits per heavy atom. The summed E-state index contributed by atoms with van der Waals surface area (Å²) in [4.78, 5) is 17.9. The molecule has 0 spiro atoms. The summed E-state index contributed by atoms with van der Waals surface area (Å²) < 4.78 is 39.2. The normalized spacial score (nSPS) is 16.7. The lowest BCUT2D eigenvalue weighted by Crippen LogP contribution is -2.37. The number of benzene rings is 1. The van der Waals surface area contributed by atoms with Gasteiger partial charge in [0, 0.05) is 46.2 Å². The van der Waals surface area contributed by atoms with Crippen LogP contribution in [0.5, 0.6) is 0 Å². The van der Waals surface area contributed by atoms with Crippen molar-refractivity contribution in [3.8, 4) is 0 Å². The average Bonchev–Trinajstić information content (AvgIpc) is 3.27. The van der Waals surface area contributed by atoms with Crippen molar-refractivity contribution in [2.45, 2.75) is 23.7 Å². The molecule has 3 aromatic rings. The largest absolute Gasteiger partial charge is 0.419 e. The smallest absolute Gasteiger partial charge is 0.408 e. The first-order valence-electron chi connectivity index (χ1n) is 8.88.